The van der Waals surface area contributed by atoms with Crippen LogP contribution < -0.4 is 5.73 Å². The zero-order chi connectivity index (χ0) is 17.2. The Kier molecular flexibility index (Phi) is 4.51. The van der Waals surface area contributed by atoms with Crippen molar-refractivity contribution in [2.75, 3.05) is 6.54 Å². The molecule has 1 aromatic heterocycles. The third-order valence-corrected chi connectivity index (χ3v) is 5.44. The highest BCUT2D eigenvalue weighted by Gasteiger charge is 2.27. The standard InChI is InChI=1S/C18H18N2O3S/c1-13-7-5-6-10-15(13)17-20-18(16(23-17)11-12-19)24(21,22)14-8-3-2-4-9-14/h2-10H,11-12,19H2,1H3. The number of rotatable bonds is 5. The minimum atomic E-state index is -3.75. The van der Waals surface area contributed by atoms with Crippen LogP contribution >= 0.6 is 0 Å². The monoisotopic (exact) mass is 342 g/mol. The van der Waals surface area contributed by atoms with Crippen molar-refractivity contribution >= 4 is 9.84 Å². The van der Waals surface area contributed by atoms with Gasteiger partial charge in [0.2, 0.25) is 20.8 Å². The Bertz CT molecular complexity index is 947. The van der Waals surface area contributed by atoms with Gasteiger partial charge in [-0.15, -0.1) is 0 Å². The van der Waals surface area contributed by atoms with Crippen LogP contribution in [0.4, 0.5) is 0 Å². The predicted octanol–water partition coefficient (Wildman–Crippen LogP) is 2.98. The number of aromatic nitrogens is 1. The van der Waals surface area contributed by atoms with Crippen molar-refractivity contribution in [3.63, 3.8) is 0 Å². The van der Waals surface area contributed by atoms with Gasteiger partial charge in [-0.1, -0.05) is 36.4 Å². The molecule has 0 bridgehead atoms. The first-order valence-corrected chi connectivity index (χ1v) is 9.08. The van der Waals surface area contributed by atoms with E-state index in [-0.39, 0.29) is 16.5 Å². The maximum absolute atomic E-state index is 12.9. The number of hydrogen-bond donors (Lipinski definition) is 1. The van der Waals surface area contributed by atoms with Gasteiger partial charge in [0.1, 0.15) is 5.76 Å². The first-order valence-electron chi connectivity index (χ1n) is 7.60. The van der Waals surface area contributed by atoms with Crippen LogP contribution in [0.15, 0.2) is 68.9 Å². The number of nitrogens with zero attached hydrogens (tertiary/aromatic N) is 1. The lowest BCUT2D eigenvalue weighted by Crippen LogP contribution is -2.09. The Balaban J connectivity index is 2.16. The van der Waals surface area contributed by atoms with Gasteiger partial charge in [0.05, 0.1) is 4.90 Å². The maximum atomic E-state index is 12.9. The molecular formula is C18H18N2O3S. The van der Waals surface area contributed by atoms with Gasteiger partial charge in [-0.05, 0) is 37.2 Å². The number of oxazole rings is 1. The van der Waals surface area contributed by atoms with Crippen molar-refractivity contribution in [2.24, 2.45) is 5.73 Å². The summed E-state index contributed by atoms with van der Waals surface area (Å²) >= 11 is 0. The normalized spacial score (nSPS) is 11.6. The zero-order valence-corrected chi connectivity index (χ0v) is 14.1. The molecule has 6 heteroatoms. The summed E-state index contributed by atoms with van der Waals surface area (Å²) in [6, 6.07) is 15.8. The minimum absolute atomic E-state index is 0.0580. The van der Waals surface area contributed by atoms with Crippen molar-refractivity contribution in [1.29, 1.82) is 0 Å². The number of hydrogen-bond acceptors (Lipinski definition) is 5. The van der Waals surface area contributed by atoms with Crippen LogP contribution in [-0.2, 0) is 16.3 Å². The van der Waals surface area contributed by atoms with E-state index in [0.717, 1.165) is 11.1 Å². The predicted molar refractivity (Wildman–Crippen MR) is 91.3 cm³/mol. The van der Waals surface area contributed by atoms with Crippen molar-refractivity contribution in [3.8, 4) is 11.5 Å². The quantitative estimate of drug-likeness (QED) is 0.770. The summed E-state index contributed by atoms with van der Waals surface area (Å²) in [7, 11) is -3.75. The Morgan fingerprint density at radius 3 is 2.38 bits per heavy atom. The Morgan fingerprint density at radius 2 is 1.71 bits per heavy atom. The first kappa shape index (κ1) is 16.4. The van der Waals surface area contributed by atoms with Crippen LogP contribution in [0.1, 0.15) is 11.3 Å². The summed E-state index contributed by atoms with van der Waals surface area (Å²) in [5, 5.41) is -0.0580. The number of benzene rings is 2. The molecule has 0 amide bonds. The molecule has 0 aliphatic carbocycles. The van der Waals surface area contributed by atoms with E-state index < -0.39 is 9.84 Å². The molecule has 0 fully saturated rings. The van der Waals surface area contributed by atoms with Crippen LogP contribution in [0, 0.1) is 6.92 Å². The lowest BCUT2D eigenvalue weighted by Gasteiger charge is -2.02. The minimum Gasteiger partial charge on any atom is -0.440 e. The van der Waals surface area contributed by atoms with Crippen LogP contribution in [0.2, 0.25) is 0 Å². The Hall–Kier alpha value is -2.44. The Morgan fingerprint density at radius 1 is 1.04 bits per heavy atom. The molecule has 3 aromatic rings. The van der Waals surface area contributed by atoms with E-state index in [1.54, 1.807) is 30.3 Å². The largest absolute Gasteiger partial charge is 0.440 e. The van der Waals surface area contributed by atoms with Gasteiger partial charge in [0, 0.05) is 12.0 Å². The number of sulfone groups is 1. The van der Waals surface area contributed by atoms with Crippen LogP contribution in [-0.4, -0.2) is 19.9 Å². The van der Waals surface area contributed by atoms with Gasteiger partial charge in [0.25, 0.3) is 0 Å². The molecule has 0 unspecified atom stereocenters. The fourth-order valence-corrected chi connectivity index (χ4v) is 3.86. The van der Waals surface area contributed by atoms with Crippen molar-refractivity contribution < 1.29 is 12.8 Å². The summed E-state index contributed by atoms with van der Waals surface area (Å²) in [5.41, 5.74) is 7.34. The summed E-state index contributed by atoms with van der Waals surface area (Å²) in [5.74, 6) is 0.589. The third-order valence-electron chi connectivity index (χ3n) is 3.72. The van der Waals surface area contributed by atoms with Crippen LogP contribution in [0.3, 0.4) is 0 Å². The molecule has 0 atom stereocenters. The van der Waals surface area contributed by atoms with Gasteiger partial charge >= 0.3 is 0 Å². The zero-order valence-electron chi connectivity index (χ0n) is 13.3. The third kappa shape index (κ3) is 2.98. The number of aryl methyl sites for hydroxylation is 1. The molecule has 0 aliphatic heterocycles. The van der Waals surface area contributed by atoms with E-state index in [1.165, 1.54) is 0 Å². The molecule has 0 saturated heterocycles. The molecule has 2 N–H and O–H groups in total. The molecule has 0 radical (unpaired) electrons. The summed E-state index contributed by atoms with van der Waals surface area (Å²) in [4.78, 5) is 4.49. The summed E-state index contributed by atoms with van der Waals surface area (Å²) in [6.07, 6.45) is 0.306. The molecular weight excluding hydrogens is 324 g/mol. The molecule has 5 nitrogen and oxygen atoms in total. The van der Waals surface area contributed by atoms with E-state index in [9.17, 15) is 8.42 Å². The molecule has 0 saturated carbocycles. The van der Waals surface area contributed by atoms with Gasteiger partial charge < -0.3 is 10.2 Å². The fraction of sp³-hybridized carbons (Fsp3) is 0.167. The van der Waals surface area contributed by atoms with Gasteiger partial charge in [-0.25, -0.2) is 8.42 Å². The maximum Gasteiger partial charge on any atom is 0.227 e. The van der Waals surface area contributed by atoms with Crippen molar-refractivity contribution in [1.82, 2.24) is 4.98 Å². The second kappa shape index (κ2) is 6.59. The summed E-state index contributed by atoms with van der Waals surface area (Å²) in [6.45, 7) is 2.20. The molecule has 124 valence electrons. The molecule has 2 aromatic carbocycles. The van der Waals surface area contributed by atoms with E-state index in [1.807, 2.05) is 31.2 Å². The van der Waals surface area contributed by atoms with Crippen molar-refractivity contribution in [3.05, 3.63) is 65.9 Å². The second-order valence-electron chi connectivity index (χ2n) is 5.42. The highest BCUT2D eigenvalue weighted by atomic mass is 32.2. The van der Waals surface area contributed by atoms with E-state index in [2.05, 4.69) is 4.98 Å². The van der Waals surface area contributed by atoms with Crippen molar-refractivity contribution in [2.45, 2.75) is 23.3 Å². The average Bonchev–Trinajstić information content (AvgIpc) is 3.01. The molecule has 0 aliphatic rings. The van der Waals surface area contributed by atoms with E-state index in [0.29, 0.717) is 18.1 Å². The van der Waals surface area contributed by atoms with Crippen LogP contribution in [0.25, 0.3) is 11.5 Å². The topological polar surface area (TPSA) is 86.2 Å². The lowest BCUT2D eigenvalue weighted by atomic mass is 10.1. The fourth-order valence-electron chi connectivity index (χ4n) is 2.48. The van der Waals surface area contributed by atoms with Gasteiger partial charge in [-0.2, -0.15) is 4.98 Å². The molecule has 1 heterocycles. The van der Waals surface area contributed by atoms with Gasteiger partial charge in [-0.3, -0.25) is 0 Å². The molecule has 3 rings (SSSR count). The van der Waals surface area contributed by atoms with Gasteiger partial charge in [0.15, 0.2) is 0 Å². The molecule has 0 spiro atoms. The van der Waals surface area contributed by atoms with E-state index in [4.69, 9.17) is 10.2 Å². The SMILES string of the molecule is Cc1ccccc1-c1nc(S(=O)(=O)c2ccccc2)c(CCN)o1. The summed E-state index contributed by atoms with van der Waals surface area (Å²) < 4.78 is 31.6. The smallest absolute Gasteiger partial charge is 0.227 e. The average molecular weight is 342 g/mol. The van der Waals surface area contributed by atoms with Crippen LogP contribution in [0.5, 0.6) is 0 Å². The second-order valence-corrected chi connectivity index (χ2v) is 7.28. The van der Waals surface area contributed by atoms with E-state index >= 15 is 0 Å². The molecule has 24 heavy (non-hydrogen) atoms. The Labute approximate surface area is 141 Å². The highest BCUT2D eigenvalue weighted by molar-refractivity contribution is 7.91. The lowest BCUT2D eigenvalue weighted by molar-refractivity contribution is 0.509. The highest BCUT2D eigenvalue weighted by Crippen LogP contribution is 2.30. The number of nitrogens with two attached hydrogens (primary N) is 1. The first-order chi connectivity index (χ1) is 11.5.